The highest BCUT2D eigenvalue weighted by Crippen LogP contribution is 2.34. The van der Waals surface area contributed by atoms with E-state index in [2.05, 4.69) is 6.58 Å². The van der Waals surface area contributed by atoms with E-state index in [-0.39, 0.29) is 11.5 Å². The second kappa shape index (κ2) is 13.0. The molecule has 1 atom stereocenters. The first kappa shape index (κ1) is 26.5. The summed E-state index contributed by atoms with van der Waals surface area (Å²) in [6.45, 7) is 4.96. The van der Waals surface area contributed by atoms with Crippen LogP contribution in [0.3, 0.4) is 0 Å². The number of carbonyl (C=O) groups is 1. The molecule has 0 aliphatic heterocycles. The van der Waals surface area contributed by atoms with Gasteiger partial charge < -0.3 is 28.8 Å². The molecular formula is C22H26O9S. The number of methoxy groups -OCH3 is 4. The lowest BCUT2D eigenvalue weighted by atomic mass is 10.1. The third kappa shape index (κ3) is 7.64. The molecule has 174 valence electrons. The van der Waals surface area contributed by atoms with Crippen molar-refractivity contribution in [2.75, 3.05) is 28.4 Å². The van der Waals surface area contributed by atoms with Gasteiger partial charge in [-0.25, -0.2) is 4.79 Å². The lowest BCUT2D eigenvalue weighted by Gasteiger charge is -2.11. The van der Waals surface area contributed by atoms with E-state index in [0.717, 1.165) is 10.9 Å². The van der Waals surface area contributed by atoms with Crippen molar-refractivity contribution in [1.29, 1.82) is 0 Å². The van der Waals surface area contributed by atoms with Gasteiger partial charge in [-0.15, -0.1) is 0 Å². The third-order valence-electron chi connectivity index (χ3n) is 3.93. The van der Waals surface area contributed by atoms with E-state index in [1.165, 1.54) is 32.2 Å². The summed E-state index contributed by atoms with van der Waals surface area (Å²) in [4.78, 5) is 11.3. The van der Waals surface area contributed by atoms with Crippen molar-refractivity contribution >= 4 is 27.7 Å². The normalized spacial score (nSPS) is 10.6. The van der Waals surface area contributed by atoms with Crippen LogP contribution in [-0.2, 0) is 15.1 Å². The predicted molar refractivity (Wildman–Crippen MR) is 121 cm³/mol. The monoisotopic (exact) mass is 466 g/mol. The summed E-state index contributed by atoms with van der Waals surface area (Å²) in [5.41, 5.74) is 1.16. The summed E-state index contributed by atoms with van der Waals surface area (Å²) in [6, 6.07) is 7.87. The van der Waals surface area contributed by atoms with Crippen LogP contribution in [0, 0.1) is 0 Å². The summed E-state index contributed by atoms with van der Waals surface area (Å²) in [6.07, 6.45) is 0.410. The molecule has 0 aromatic heterocycles. The number of aliphatic hydroxyl groups excluding tert-OH is 1. The molecule has 0 saturated carbocycles. The summed E-state index contributed by atoms with van der Waals surface area (Å²) >= 11 is 0. The summed E-state index contributed by atoms with van der Waals surface area (Å²) in [7, 11) is 3.81. The lowest BCUT2D eigenvalue weighted by molar-refractivity contribution is -0.142. The fourth-order valence-electron chi connectivity index (χ4n) is 2.38. The third-order valence-corrected chi connectivity index (χ3v) is 4.39. The number of aliphatic hydroxyl groups is 1. The molecule has 0 bridgehead atoms. The first-order valence-electron chi connectivity index (χ1n) is 9.13. The van der Waals surface area contributed by atoms with Crippen molar-refractivity contribution in [3.63, 3.8) is 0 Å². The van der Waals surface area contributed by atoms with Crippen LogP contribution in [0.15, 0.2) is 36.9 Å². The van der Waals surface area contributed by atoms with Crippen molar-refractivity contribution in [1.82, 2.24) is 0 Å². The van der Waals surface area contributed by atoms with Crippen LogP contribution in [-0.4, -0.2) is 59.4 Å². The molecule has 0 radical (unpaired) electrons. The van der Waals surface area contributed by atoms with Crippen molar-refractivity contribution in [3.8, 4) is 28.7 Å². The van der Waals surface area contributed by atoms with Crippen molar-refractivity contribution < 1.29 is 42.0 Å². The highest BCUT2D eigenvalue weighted by atomic mass is 32.2. The summed E-state index contributed by atoms with van der Waals surface area (Å²) < 4.78 is 46.4. The quantitative estimate of drug-likeness (QED) is 0.355. The van der Waals surface area contributed by atoms with Crippen LogP contribution < -0.4 is 23.7 Å². The SMILES string of the molecule is C=Cc1c(OC)cc(OC)cc1OC.COc1ccc(C=S(=O)=O)cc1OC(=O)C(C)O. The molecule has 1 unspecified atom stereocenters. The molecule has 0 heterocycles. The van der Waals surface area contributed by atoms with Crippen LogP contribution in [0.25, 0.3) is 6.08 Å². The van der Waals surface area contributed by atoms with Gasteiger partial charge in [-0.05, 0) is 24.6 Å². The molecule has 0 aliphatic rings. The fourth-order valence-corrected chi connectivity index (χ4v) is 2.75. The van der Waals surface area contributed by atoms with Gasteiger partial charge >= 0.3 is 5.97 Å². The van der Waals surface area contributed by atoms with Gasteiger partial charge in [0, 0.05) is 12.1 Å². The van der Waals surface area contributed by atoms with Gasteiger partial charge in [0.25, 0.3) is 0 Å². The maximum Gasteiger partial charge on any atom is 0.340 e. The van der Waals surface area contributed by atoms with Crippen LogP contribution in [0.2, 0.25) is 0 Å². The Morgan fingerprint density at radius 3 is 1.91 bits per heavy atom. The van der Waals surface area contributed by atoms with Gasteiger partial charge in [0.05, 0.1) is 39.4 Å². The van der Waals surface area contributed by atoms with Crippen molar-refractivity contribution in [2.45, 2.75) is 13.0 Å². The zero-order valence-corrected chi connectivity index (χ0v) is 19.3. The maximum absolute atomic E-state index is 11.3. The summed E-state index contributed by atoms with van der Waals surface area (Å²) in [5.74, 6) is 1.53. The van der Waals surface area contributed by atoms with E-state index in [0.29, 0.717) is 22.8 Å². The zero-order valence-electron chi connectivity index (χ0n) is 18.4. The van der Waals surface area contributed by atoms with Crippen LogP contribution in [0.4, 0.5) is 0 Å². The van der Waals surface area contributed by atoms with E-state index < -0.39 is 22.4 Å². The Morgan fingerprint density at radius 2 is 1.50 bits per heavy atom. The molecule has 2 aromatic rings. The lowest BCUT2D eigenvalue weighted by Crippen LogP contribution is -2.22. The molecular weight excluding hydrogens is 440 g/mol. The first-order chi connectivity index (χ1) is 15.2. The minimum absolute atomic E-state index is 0.0441. The van der Waals surface area contributed by atoms with Crippen molar-refractivity contribution in [2.24, 2.45) is 0 Å². The van der Waals surface area contributed by atoms with Gasteiger partial charge in [-0.3, -0.25) is 0 Å². The standard InChI is InChI=1S/C11H12O6S.C11H14O3/c1-7(12)11(13)17-10-5-8(6-18(14)15)3-4-9(10)16-2;1-5-9-10(13-3)6-8(12-2)7-11(9)14-4/h3-7,12H,1-2H3;5-7H,1H2,2-4H3. The molecule has 0 aliphatic carbocycles. The van der Waals surface area contributed by atoms with E-state index in [9.17, 15) is 13.2 Å². The molecule has 9 nitrogen and oxygen atoms in total. The Balaban J connectivity index is 0.000000330. The Bertz CT molecular complexity index is 1040. The van der Waals surface area contributed by atoms with Gasteiger partial charge in [0.2, 0.25) is 10.3 Å². The number of hydrogen-bond donors (Lipinski definition) is 1. The van der Waals surface area contributed by atoms with E-state index in [1.807, 2.05) is 0 Å². The highest BCUT2D eigenvalue weighted by Gasteiger charge is 2.15. The molecule has 32 heavy (non-hydrogen) atoms. The molecule has 10 heteroatoms. The molecule has 1 N–H and O–H groups in total. The zero-order chi connectivity index (χ0) is 24.3. The van der Waals surface area contributed by atoms with Crippen molar-refractivity contribution in [3.05, 3.63) is 48.0 Å². The van der Waals surface area contributed by atoms with Gasteiger partial charge in [0.1, 0.15) is 23.4 Å². The minimum atomic E-state index is -2.36. The van der Waals surface area contributed by atoms with Crippen LogP contribution >= 0.6 is 0 Å². The fraction of sp³-hybridized carbons (Fsp3) is 0.273. The highest BCUT2D eigenvalue weighted by molar-refractivity contribution is 7.71. The van der Waals surface area contributed by atoms with E-state index in [4.69, 9.17) is 28.8 Å². The molecule has 0 amide bonds. The maximum atomic E-state index is 11.3. The Kier molecular flexibility index (Phi) is 10.8. The minimum Gasteiger partial charge on any atom is -0.496 e. The van der Waals surface area contributed by atoms with E-state index >= 15 is 0 Å². The second-order valence-electron chi connectivity index (χ2n) is 6.04. The number of esters is 1. The largest absolute Gasteiger partial charge is 0.496 e. The van der Waals surface area contributed by atoms with Gasteiger partial charge in [-0.1, -0.05) is 18.7 Å². The molecule has 2 aromatic carbocycles. The first-order valence-corrected chi connectivity index (χ1v) is 10.3. The molecule has 2 rings (SSSR count). The van der Waals surface area contributed by atoms with Gasteiger partial charge in [0.15, 0.2) is 11.5 Å². The number of ether oxygens (including phenoxy) is 5. The second-order valence-corrected chi connectivity index (χ2v) is 6.79. The Labute approximate surface area is 188 Å². The number of benzene rings is 2. The molecule has 0 saturated heterocycles. The van der Waals surface area contributed by atoms with E-state index in [1.54, 1.807) is 39.5 Å². The predicted octanol–water partition coefficient (Wildman–Crippen LogP) is 2.37. The molecule has 0 fully saturated rings. The number of hydrogen-bond acceptors (Lipinski definition) is 9. The Morgan fingerprint density at radius 1 is 0.938 bits per heavy atom. The van der Waals surface area contributed by atoms with Crippen LogP contribution in [0.5, 0.6) is 28.7 Å². The average Bonchev–Trinajstić information content (AvgIpc) is 2.78. The topological polar surface area (TPSA) is 118 Å². The van der Waals surface area contributed by atoms with Crippen LogP contribution in [0.1, 0.15) is 18.1 Å². The van der Waals surface area contributed by atoms with Gasteiger partial charge in [-0.2, -0.15) is 8.42 Å². The summed E-state index contributed by atoms with van der Waals surface area (Å²) in [5, 5.41) is 10.00. The smallest absolute Gasteiger partial charge is 0.340 e. The average molecular weight is 467 g/mol. The number of rotatable bonds is 8. The number of carbonyl (C=O) groups excluding carboxylic acids is 1. The Hall–Kier alpha value is -3.50. The molecule has 0 spiro atoms.